The molecule has 0 unspecified atom stereocenters. The van der Waals surface area contributed by atoms with Crippen LogP contribution >= 0.6 is 26.0 Å². The van der Waals surface area contributed by atoms with Gasteiger partial charge in [-0.2, -0.15) is 0 Å². The average molecular weight is 411 g/mol. The van der Waals surface area contributed by atoms with E-state index >= 15 is 0 Å². The van der Waals surface area contributed by atoms with E-state index in [-0.39, 0.29) is 13.5 Å². The van der Waals surface area contributed by atoms with Crippen LogP contribution in [0.25, 0.3) is 0 Å². The van der Waals surface area contributed by atoms with E-state index in [9.17, 15) is 13.2 Å². The van der Waals surface area contributed by atoms with E-state index < -0.39 is 10.9 Å². The number of halogens is 4. The monoisotopic (exact) mass is 410 g/mol. The molecule has 0 nitrogen and oxygen atoms in total. The van der Waals surface area contributed by atoms with E-state index in [1.165, 1.54) is 37.0 Å². The van der Waals surface area contributed by atoms with Crippen molar-refractivity contribution in [2.24, 2.45) is 0 Å². The minimum atomic E-state index is -2.37. The van der Waals surface area contributed by atoms with Crippen LogP contribution in [-0.4, -0.2) is 37.0 Å². The molecule has 0 aliphatic carbocycles. The fraction of sp³-hybridized carbons (Fsp3) is 0.857. The molecular weight excluding hydrogens is 381 g/mol. The van der Waals surface area contributed by atoms with E-state index in [2.05, 4.69) is 51.7 Å². The molecule has 0 amide bonds. The SMILES string of the molecule is CCP(CC)CC.CCP(CC)CC.FC(F)=[C](F)[Ni][Cl]. The van der Waals surface area contributed by atoms with Gasteiger partial charge in [-0.15, -0.1) is 15.8 Å². The van der Waals surface area contributed by atoms with Crippen LogP contribution in [0.5, 0.6) is 0 Å². The summed E-state index contributed by atoms with van der Waals surface area (Å²) >= 11 is -0.286. The van der Waals surface area contributed by atoms with Crippen LogP contribution in [0.15, 0.2) is 10.9 Å². The van der Waals surface area contributed by atoms with Crippen molar-refractivity contribution >= 4 is 26.0 Å². The first-order chi connectivity index (χ1) is 9.87. The van der Waals surface area contributed by atoms with Gasteiger partial charge < -0.3 is 0 Å². The van der Waals surface area contributed by atoms with Crippen molar-refractivity contribution in [2.45, 2.75) is 41.5 Å². The molecule has 0 radical (unpaired) electrons. The third-order valence-electron chi connectivity index (χ3n) is 2.87. The van der Waals surface area contributed by atoms with Crippen molar-refractivity contribution in [1.82, 2.24) is 0 Å². The summed E-state index contributed by atoms with van der Waals surface area (Å²) < 4.78 is 32.9. The summed E-state index contributed by atoms with van der Waals surface area (Å²) in [4.78, 5) is -1.62. The van der Waals surface area contributed by atoms with Gasteiger partial charge in [0.25, 0.3) is 0 Å². The van der Waals surface area contributed by atoms with Crippen LogP contribution in [0.4, 0.5) is 13.2 Å². The fourth-order valence-electron chi connectivity index (χ4n) is 1.36. The van der Waals surface area contributed by atoms with Gasteiger partial charge in [-0.3, -0.25) is 0 Å². The normalized spacial score (nSPS) is 9.90. The average Bonchev–Trinajstić information content (AvgIpc) is 2.51. The van der Waals surface area contributed by atoms with Crippen molar-refractivity contribution in [3.8, 4) is 0 Å². The summed E-state index contributed by atoms with van der Waals surface area (Å²) in [6.07, 6.45) is 6.15. The first-order valence-electron chi connectivity index (χ1n) is 7.23. The second-order valence-electron chi connectivity index (χ2n) is 3.79. The molecule has 0 aromatic heterocycles. The Morgan fingerprint density at radius 1 is 0.714 bits per heavy atom. The molecular formula is C14H30ClF3NiP2. The van der Waals surface area contributed by atoms with Gasteiger partial charge in [-0.25, -0.2) is 0 Å². The number of hydrogen-bond donors (Lipinski definition) is 0. The Bertz CT molecular complexity index is 209. The molecule has 0 rings (SSSR count). The van der Waals surface area contributed by atoms with Crippen LogP contribution in [0.1, 0.15) is 41.5 Å². The molecule has 0 fully saturated rings. The summed E-state index contributed by atoms with van der Waals surface area (Å²) in [7, 11) is 5.46. The van der Waals surface area contributed by atoms with Gasteiger partial charge in [0.05, 0.1) is 0 Å². The second-order valence-corrected chi connectivity index (χ2v) is 11.4. The molecule has 134 valence electrons. The van der Waals surface area contributed by atoms with Gasteiger partial charge in [0.1, 0.15) is 0 Å². The van der Waals surface area contributed by atoms with E-state index in [4.69, 9.17) is 0 Å². The van der Waals surface area contributed by atoms with E-state index in [0.717, 1.165) is 0 Å². The Kier molecular flexibility index (Phi) is 27.3. The van der Waals surface area contributed by atoms with Gasteiger partial charge >= 0.3 is 47.8 Å². The van der Waals surface area contributed by atoms with Gasteiger partial charge in [-0.1, -0.05) is 41.5 Å². The predicted octanol–water partition coefficient (Wildman–Crippen LogP) is 7.31. The third kappa shape index (κ3) is 21.2. The van der Waals surface area contributed by atoms with Gasteiger partial charge in [0.15, 0.2) is 0 Å². The number of rotatable bonds is 7. The molecule has 0 N–H and O–H groups in total. The van der Waals surface area contributed by atoms with E-state index in [1.54, 1.807) is 0 Å². The molecule has 0 bridgehead atoms. The number of hydrogen-bond acceptors (Lipinski definition) is 0. The Hall–Kier alpha value is 1.17. The molecule has 21 heavy (non-hydrogen) atoms. The first-order valence-corrected chi connectivity index (χ1v) is 12.9. The Labute approximate surface area is 142 Å². The summed E-state index contributed by atoms with van der Waals surface area (Å²) in [5, 5.41) is 0. The molecule has 0 saturated carbocycles. The minimum absolute atomic E-state index is 0.286. The second kappa shape index (κ2) is 21.2. The quantitative estimate of drug-likeness (QED) is 0.304. The molecule has 0 aromatic carbocycles. The summed E-state index contributed by atoms with van der Waals surface area (Å²) in [6, 6.07) is 0. The van der Waals surface area contributed by atoms with Crippen molar-refractivity contribution in [1.29, 1.82) is 0 Å². The topological polar surface area (TPSA) is 0 Å². The maximum absolute atomic E-state index is 11.2. The Morgan fingerprint density at radius 2 is 0.952 bits per heavy atom. The summed E-state index contributed by atoms with van der Waals surface area (Å²) in [5.74, 6) is 0. The molecule has 0 aliphatic heterocycles. The Morgan fingerprint density at radius 3 is 0.952 bits per heavy atom. The van der Waals surface area contributed by atoms with Crippen LogP contribution in [0, 0.1) is 0 Å². The van der Waals surface area contributed by atoms with E-state index in [1.807, 2.05) is 0 Å². The molecule has 0 spiro atoms. The van der Waals surface area contributed by atoms with Crippen molar-refractivity contribution in [3.63, 3.8) is 0 Å². The van der Waals surface area contributed by atoms with Crippen molar-refractivity contribution < 1.29 is 26.7 Å². The van der Waals surface area contributed by atoms with Crippen LogP contribution < -0.4 is 0 Å². The van der Waals surface area contributed by atoms with Crippen LogP contribution in [0.2, 0.25) is 0 Å². The molecule has 0 saturated heterocycles. The predicted molar refractivity (Wildman–Crippen MR) is 93.3 cm³/mol. The van der Waals surface area contributed by atoms with Crippen molar-refractivity contribution in [3.05, 3.63) is 10.9 Å². The molecule has 7 heteroatoms. The molecule has 0 heterocycles. The maximum atomic E-state index is 11.2. The zero-order valence-corrected chi connectivity index (χ0v) is 17.5. The summed E-state index contributed by atoms with van der Waals surface area (Å²) in [6.45, 7) is 13.7. The summed E-state index contributed by atoms with van der Waals surface area (Å²) in [5.41, 5.74) is 0. The van der Waals surface area contributed by atoms with E-state index in [0.29, 0.717) is 15.8 Å². The fourth-order valence-corrected chi connectivity index (χ4v) is 4.30. The van der Waals surface area contributed by atoms with Crippen molar-refractivity contribution in [2.75, 3.05) is 37.0 Å². The standard InChI is InChI=1S/2C6H15P.C2F3.ClH.Ni/c2*1-4-7(5-2)6-3;3-1-2(4)5;;/h2*4-6H2,1-3H3;;1H;/q;;;;+1/p-1. The molecule has 0 aromatic rings. The molecule has 0 atom stereocenters. The molecule has 0 aliphatic rings. The first kappa shape index (κ1) is 27.0. The zero-order valence-electron chi connectivity index (χ0n) is 14.0. The van der Waals surface area contributed by atoms with Gasteiger partial charge in [0, 0.05) is 0 Å². The third-order valence-corrected chi connectivity index (χ3v) is 9.02. The Balaban J connectivity index is -0.000000231. The van der Waals surface area contributed by atoms with Crippen LogP contribution in [0.3, 0.4) is 0 Å². The zero-order chi connectivity index (χ0) is 17.3. The van der Waals surface area contributed by atoms with Gasteiger partial charge in [-0.05, 0) is 37.0 Å². The van der Waals surface area contributed by atoms with Gasteiger partial charge in [0.2, 0.25) is 0 Å². The van der Waals surface area contributed by atoms with Crippen LogP contribution in [-0.2, 0) is 13.5 Å².